The predicted molar refractivity (Wildman–Crippen MR) is 162 cm³/mol. The Bertz CT molecular complexity index is 1180. The minimum atomic E-state index is -0.314. The van der Waals surface area contributed by atoms with E-state index in [4.69, 9.17) is 14.2 Å². The van der Waals surface area contributed by atoms with Gasteiger partial charge in [-0.15, -0.1) is 0 Å². The summed E-state index contributed by atoms with van der Waals surface area (Å²) in [6, 6.07) is 35.5. The third kappa shape index (κ3) is 8.46. The summed E-state index contributed by atoms with van der Waals surface area (Å²) in [5.74, 6) is 2.25. The SMILES string of the molecule is CCCCC(C)CC(OCCOc1c(-c2ccccc2)cccc1-c1ccccc1)Oc1ccc(CC)cc1. The fourth-order valence-corrected chi connectivity index (χ4v) is 4.81. The molecule has 0 aromatic heterocycles. The molecule has 2 atom stereocenters. The first kappa shape index (κ1) is 28.4. The second kappa shape index (κ2) is 15.1. The molecular formula is C36H42O3. The van der Waals surface area contributed by atoms with Crippen LogP contribution in [0.2, 0.25) is 0 Å². The van der Waals surface area contributed by atoms with Gasteiger partial charge in [0.2, 0.25) is 0 Å². The van der Waals surface area contributed by atoms with Crippen molar-refractivity contribution in [1.29, 1.82) is 0 Å². The Morgan fingerprint density at radius 3 is 1.85 bits per heavy atom. The molecular weight excluding hydrogens is 480 g/mol. The van der Waals surface area contributed by atoms with Crippen LogP contribution in [0, 0.1) is 5.92 Å². The Morgan fingerprint density at radius 1 is 0.667 bits per heavy atom. The van der Waals surface area contributed by atoms with Crippen LogP contribution >= 0.6 is 0 Å². The molecule has 0 aliphatic heterocycles. The molecule has 0 fully saturated rings. The Morgan fingerprint density at radius 2 is 1.28 bits per heavy atom. The van der Waals surface area contributed by atoms with E-state index < -0.39 is 0 Å². The van der Waals surface area contributed by atoms with Gasteiger partial charge in [-0.2, -0.15) is 0 Å². The van der Waals surface area contributed by atoms with Crippen molar-refractivity contribution in [2.24, 2.45) is 5.92 Å². The highest BCUT2D eigenvalue weighted by Gasteiger charge is 2.17. The smallest absolute Gasteiger partial charge is 0.200 e. The van der Waals surface area contributed by atoms with Gasteiger partial charge in [0.15, 0.2) is 6.29 Å². The van der Waals surface area contributed by atoms with Crippen LogP contribution in [0.15, 0.2) is 103 Å². The van der Waals surface area contributed by atoms with Crippen molar-refractivity contribution in [3.63, 3.8) is 0 Å². The number of ether oxygens (including phenoxy) is 3. The number of aryl methyl sites for hydroxylation is 1. The summed E-state index contributed by atoms with van der Waals surface area (Å²) in [7, 11) is 0. The molecule has 204 valence electrons. The lowest BCUT2D eigenvalue weighted by atomic mass is 9.97. The molecule has 3 nitrogen and oxygen atoms in total. The maximum Gasteiger partial charge on any atom is 0.200 e. The largest absolute Gasteiger partial charge is 0.490 e. The van der Waals surface area contributed by atoms with Crippen molar-refractivity contribution < 1.29 is 14.2 Å². The number of para-hydroxylation sites is 1. The van der Waals surface area contributed by atoms with Gasteiger partial charge in [-0.25, -0.2) is 0 Å². The van der Waals surface area contributed by atoms with E-state index in [1.807, 2.05) is 24.3 Å². The first-order valence-electron chi connectivity index (χ1n) is 14.4. The summed E-state index contributed by atoms with van der Waals surface area (Å²) in [4.78, 5) is 0. The quantitative estimate of drug-likeness (QED) is 0.115. The second-order valence-corrected chi connectivity index (χ2v) is 10.2. The average molecular weight is 523 g/mol. The molecule has 0 radical (unpaired) electrons. The average Bonchev–Trinajstić information content (AvgIpc) is 2.99. The number of hydrogen-bond donors (Lipinski definition) is 0. The van der Waals surface area contributed by atoms with E-state index in [2.05, 4.69) is 99.6 Å². The molecule has 4 rings (SSSR count). The van der Waals surface area contributed by atoms with Crippen molar-refractivity contribution in [1.82, 2.24) is 0 Å². The van der Waals surface area contributed by atoms with Crippen molar-refractivity contribution >= 4 is 0 Å². The molecule has 0 saturated carbocycles. The zero-order valence-electron chi connectivity index (χ0n) is 23.6. The van der Waals surface area contributed by atoms with Gasteiger partial charge in [0.1, 0.15) is 18.1 Å². The third-order valence-corrected chi connectivity index (χ3v) is 7.06. The van der Waals surface area contributed by atoms with Crippen molar-refractivity contribution in [2.45, 2.75) is 59.2 Å². The fourth-order valence-electron chi connectivity index (χ4n) is 4.81. The molecule has 0 heterocycles. The lowest BCUT2D eigenvalue weighted by Gasteiger charge is -2.23. The standard InChI is InChI=1S/C36H42O3/c1-4-6-14-28(3)27-35(39-32-23-21-29(5-2)22-24-32)37-25-26-38-36-33(30-15-9-7-10-16-30)19-13-20-34(36)31-17-11-8-12-18-31/h7-13,15-24,28,35H,4-6,14,25-27H2,1-3H3. The van der Waals surface area contributed by atoms with Crippen LogP contribution in [0.1, 0.15) is 52.0 Å². The van der Waals surface area contributed by atoms with Crippen LogP contribution in [-0.2, 0) is 11.2 Å². The van der Waals surface area contributed by atoms with E-state index in [-0.39, 0.29) is 6.29 Å². The minimum Gasteiger partial charge on any atom is -0.490 e. The molecule has 0 aliphatic carbocycles. The molecule has 4 aromatic carbocycles. The molecule has 39 heavy (non-hydrogen) atoms. The van der Waals surface area contributed by atoms with Crippen LogP contribution in [-0.4, -0.2) is 19.5 Å². The van der Waals surface area contributed by atoms with Gasteiger partial charge < -0.3 is 14.2 Å². The molecule has 3 heteroatoms. The highest BCUT2D eigenvalue weighted by Crippen LogP contribution is 2.39. The maximum atomic E-state index is 6.50. The zero-order valence-corrected chi connectivity index (χ0v) is 23.6. The summed E-state index contributed by atoms with van der Waals surface area (Å²) in [5.41, 5.74) is 5.72. The van der Waals surface area contributed by atoms with E-state index >= 15 is 0 Å². The predicted octanol–water partition coefficient (Wildman–Crippen LogP) is 9.60. The summed E-state index contributed by atoms with van der Waals surface area (Å²) in [5, 5.41) is 0. The topological polar surface area (TPSA) is 27.7 Å². The summed E-state index contributed by atoms with van der Waals surface area (Å²) in [6.45, 7) is 7.56. The van der Waals surface area contributed by atoms with Crippen LogP contribution in [0.25, 0.3) is 22.3 Å². The van der Waals surface area contributed by atoms with E-state index in [9.17, 15) is 0 Å². The zero-order chi connectivity index (χ0) is 27.3. The second-order valence-electron chi connectivity index (χ2n) is 10.2. The van der Waals surface area contributed by atoms with Crippen LogP contribution in [0.4, 0.5) is 0 Å². The van der Waals surface area contributed by atoms with E-state index in [0.29, 0.717) is 19.1 Å². The molecule has 0 bridgehead atoms. The van der Waals surface area contributed by atoms with Gasteiger partial charge in [0, 0.05) is 17.5 Å². The minimum absolute atomic E-state index is 0.314. The molecule has 4 aromatic rings. The van der Waals surface area contributed by atoms with Gasteiger partial charge in [-0.05, 0) is 41.2 Å². The summed E-state index contributed by atoms with van der Waals surface area (Å²) < 4.78 is 19.1. The first-order chi connectivity index (χ1) is 19.2. The Kier molecular flexibility index (Phi) is 11.0. The molecule has 0 N–H and O–H groups in total. The van der Waals surface area contributed by atoms with E-state index in [1.165, 1.54) is 24.8 Å². The van der Waals surface area contributed by atoms with Crippen LogP contribution in [0.3, 0.4) is 0 Å². The van der Waals surface area contributed by atoms with Gasteiger partial charge in [0.25, 0.3) is 0 Å². The van der Waals surface area contributed by atoms with E-state index in [0.717, 1.165) is 46.6 Å². The lowest BCUT2D eigenvalue weighted by Crippen LogP contribution is -2.26. The van der Waals surface area contributed by atoms with E-state index in [1.54, 1.807) is 0 Å². The van der Waals surface area contributed by atoms with Gasteiger partial charge in [-0.1, -0.05) is 131 Å². The number of benzene rings is 4. The number of rotatable bonds is 15. The molecule has 0 spiro atoms. The van der Waals surface area contributed by atoms with Gasteiger partial charge in [-0.3, -0.25) is 0 Å². The molecule has 0 aliphatic rings. The highest BCUT2D eigenvalue weighted by molar-refractivity contribution is 5.82. The number of unbranched alkanes of at least 4 members (excludes halogenated alkanes) is 1. The molecule has 0 amide bonds. The maximum absolute atomic E-state index is 6.50. The van der Waals surface area contributed by atoms with Crippen molar-refractivity contribution in [3.05, 3.63) is 109 Å². The normalized spacial score (nSPS) is 12.6. The highest BCUT2D eigenvalue weighted by atomic mass is 16.7. The Balaban J connectivity index is 1.47. The van der Waals surface area contributed by atoms with Crippen LogP contribution < -0.4 is 9.47 Å². The van der Waals surface area contributed by atoms with Crippen LogP contribution in [0.5, 0.6) is 11.5 Å². The Hall–Kier alpha value is -3.56. The summed E-state index contributed by atoms with van der Waals surface area (Å²) >= 11 is 0. The van der Waals surface area contributed by atoms with Crippen molar-refractivity contribution in [3.8, 4) is 33.8 Å². The fraction of sp³-hybridized carbons (Fsp3) is 0.333. The monoisotopic (exact) mass is 522 g/mol. The van der Waals surface area contributed by atoms with Gasteiger partial charge >= 0.3 is 0 Å². The lowest BCUT2D eigenvalue weighted by molar-refractivity contribution is -0.0980. The summed E-state index contributed by atoms with van der Waals surface area (Å²) in [6.07, 6.45) is 5.15. The Labute approximate surface area is 234 Å². The molecule has 2 unspecified atom stereocenters. The van der Waals surface area contributed by atoms with Gasteiger partial charge in [0.05, 0.1) is 6.61 Å². The first-order valence-corrected chi connectivity index (χ1v) is 14.4. The van der Waals surface area contributed by atoms with Crippen molar-refractivity contribution in [2.75, 3.05) is 13.2 Å². The molecule has 0 saturated heterocycles. The number of hydrogen-bond acceptors (Lipinski definition) is 3. The third-order valence-electron chi connectivity index (χ3n) is 7.06.